The van der Waals surface area contributed by atoms with Crippen LogP contribution in [0.5, 0.6) is 0 Å². The second-order valence-electron chi connectivity index (χ2n) is 8.79. The lowest BCUT2D eigenvalue weighted by atomic mass is 9.48. The fourth-order valence-electron chi connectivity index (χ4n) is 5.80. The predicted octanol–water partition coefficient (Wildman–Crippen LogP) is 3.94. The molecule has 0 aromatic carbocycles. The van der Waals surface area contributed by atoms with E-state index < -0.39 is 0 Å². The van der Waals surface area contributed by atoms with Crippen molar-refractivity contribution in [1.29, 1.82) is 0 Å². The molecular formula is C19H24N2O2S2. The molecule has 0 N–H and O–H groups in total. The molecule has 0 radical (unpaired) electrons. The highest BCUT2D eigenvalue weighted by Gasteiger charge is 2.54. The summed E-state index contributed by atoms with van der Waals surface area (Å²) in [6.45, 7) is 0. The average molecular weight is 377 g/mol. The number of carbonyl (C=O) groups is 2. The van der Waals surface area contributed by atoms with E-state index in [4.69, 9.17) is 0 Å². The second-order valence-corrected chi connectivity index (χ2v) is 11.1. The van der Waals surface area contributed by atoms with Crippen LogP contribution in [-0.2, 0) is 16.0 Å². The zero-order valence-corrected chi connectivity index (χ0v) is 16.0. The minimum Gasteiger partial charge on any atom is -0.299 e. The molecule has 0 atom stereocenters. The molecule has 1 aromatic heterocycles. The van der Waals surface area contributed by atoms with Crippen LogP contribution < -0.4 is 0 Å². The highest BCUT2D eigenvalue weighted by molar-refractivity contribution is 8.01. The van der Waals surface area contributed by atoms with Crippen LogP contribution in [0.3, 0.4) is 0 Å². The van der Waals surface area contributed by atoms with Crippen LogP contribution in [0.2, 0.25) is 0 Å². The SMILES string of the molecule is O=C(Cc1nnc(SCC(=O)C23CC4CC(CC(C4)C2)C3)s1)C1CC1. The van der Waals surface area contributed by atoms with Gasteiger partial charge in [0, 0.05) is 11.3 Å². The van der Waals surface area contributed by atoms with Gasteiger partial charge in [-0.2, -0.15) is 0 Å². The molecular weight excluding hydrogens is 352 g/mol. The maximum Gasteiger partial charge on any atom is 0.174 e. The maximum absolute atomic E-state index is 13.0. The Balaban J connectivity index is 1.19. The van der Waals surface area contributed by atoms with E-state index in [1.807, 2.05) is 0 Å². The first-order chi connectivity index (χ1) is 12.1. The predicted molar refractivity (Wildman–Crippen MR) is 97.7 cm³/mol. The van der Waals surface area contributed by atoms with Crippen molar-refractivity contribution in [3.63, 3.8) is 0 Å². The smallest absolute Gasteiger partial charge is 0.174 e. The molecule has 6 heteroatoms. The summed E-state index contributed by atoms with van der Waals surface area (Å²) in [6.07, 6.45) is 10.0. The van der Waals surface area contributed by atoms with Crippen molar-refractivity contribution in [2.75, 3.05) is 5.75 Å². The van der Waals surface area contributed by atoms with E-state index in [2.05, 4.69) is 10.2 Å². The summed E-state index contributed by atoms with van der Waals surface area (Å²) < 4.78 is 0.844. The third-order valence-electron chi connectivity index (χ3n) is 6.76. The van der Waals surface area contributed by atoms with Gasteiger partial charge in [0.25, 0.3) is 0 Å². The number of carbonyl (C=O) groups excluding carboxylic acids is 2. The Bertz CT molecular complexity index is 675. The molecule has 1 heterocycles. The molecule has 0 amide bonds. The van der Waals surface area contributed by atoms with Crippen molar-refractivity contribution in [3.8, 4) is 0 Å². The highest BCUT2D eigenvalue weighted by Crippen LogP contribution is 2.60. The molecule has 0 spiro atoms. The summed E-state index contributed by atoms with van der Waals surface area (Å²) in [5.41, 5.74) is -0.0167. The number of hydrogen-bond acceptors (Lipinski definition) is 6. The van der Waals surface area contributed by atoms with E-state index >= 15 is 0 Å². The number of hydrogen-bond donors (Lipinski definition) is 0. The van der Waals surface area contributed by atoms with Gasteiger partial charge in [-0.15, -0.1) is 10.2 Å². The van der Waals surface area contributed by atoms with E-state index in [1.165, 1.54) is 42.4 Å². The quantitative estimate of drug-likeness (QED) is 0.675. The average Bonchev–Trinajstić information content (AvgIpc) is 3.33. The zero-order chi connectivity index (χ0) is 17.0. The molecule has 5 saturated carbocycles. The standard InChI is InChI=1S/C19H24N2O2S2/c22-15(14-1-2-14)6-17-20-21-18(25-17)24-10-16(23)19-7-11-3-12(8-19)5-13(4-11)9-19/h11-14H,1-10H2. The van der Waals surface area contributed by atoms with Crippen LogP contribution in [0.1, 0.15) is 56.4 Å². The zero-order valence-electron chi connectivity index (χ0n) is 14.4. The summed E-state index contributed by atoms with van der Waals surface area (Å²) in [5.74, 6) is 3.97. The number of thioether (sulfide) groups is 1. The molecule has 0 unspecified atom stereocenters. The number of aromatic nitrogens is 2. The molecule has 25 heavy (non-hydrogen) atoms. The lowest BCUT2D eigenvalue weighted by Gasteiger charge is -2.56. The van der Waals surface area contributed by atoms with Crippen LogP contribution in [0, 0.1) is 29.1 Å². The van der Waals surface area contributed by atoms with Gasteiger partial charge in [-0.1, -0.05) is 23.1 Å². The summed E-state index contributed by atoms with van der Waals surface area (Å²) >= 11 is 3.03. The summed E-state index contributed by atoms with van der Waals surface area (Å²) in [7, 11) is 0. The molecule has 6 rings (SSSR count). The van der Waals surface area contributed by atoms with Crippen LogP contribution >= 0.6 is 23.1 Å². The van der Waals surface area contributed by atoms with Gasteiger partial charge in [0.1, 0.15) is 16.6 Å². The maximum atomic E-state index is 13.0. The Hall–Kier alpha value is -0.750. The Morgan fingerprint density at radius 2 is 1.68 bits per heavy atom. The van der Waals surface area contributed by atoms with Crippen LogP contribution in [-0.4, -0.2) is 27.5 Å². The van der Waals surface area contributed by atoms with Gasteiger partial charge in [0.2, 0.25) is 0 Å². The normalized spacial score (nSPS) is 35.9. The third kappa shape index (κ3) is 3.20. The Morgan fingerprint density at radius 1 is 1.04 bits per heavy atom. The lowest BCUT2D eigenvalue weighted by Crippen LogP contribution is -2.50. The van der Waals surface area contributed by atoms with Crippen molar-refractivity contribution in [2.24, 2.45) is 29.1 Å². The highest BCUT2D eigenvalue weighted by atomic mass is 32.2. The van der Waals surface area contributed by atoms with Crippen molar-refractivity contribution < 1.29 is 9.59 Å². The van der Waals surface area contributed by atoms with Crippen LogP contribution in [0.25, 0.3) is 0 Å². The van der Waals surface area contributed by atoms with Gasteiger partial charge in [-0.25, -0.2) is 0 Å². The van der Waals surface area contributed by atoms with E-state index in [0.29, 0.717) is 23.7 Å². The van der Waals surface area contributed by atoms with Gasteiger partial charge in [0.05, 0.1) is 12.2 Å². The number of Topliss-reactive ketones (excluding diaryl/α,β-unsaturated/α-hetero) is 2. The first-order valence-electron chi connectivity index (χ1n) is 9.61. The molecule has 1 aromatic rings. The van der Waals surface area contributed by atoms with E-state index in [0.717, 1.165) is 59.2 Å². The molecule has 4 bridgehead atoms. The van der Waals surface area contributed by atoms with Gasteiger partial charge in [-0.05, 0) is 69.1 Å². The Labute approximate surface area is 156 Å². The first-order valence-corrected chi connectivity index (χ1v) is 11.4. The van der Waals surface area contributed by atoms with E-state index in [-0.39, 0.29) is 11.3 Å². The van der Waals surface area contributed by atoms with Gasteiger partial charge < -0.3 is 0 Å². The van der Waals surface area contributed by atoms with Gasteiger partial charge in [0.15, 0.2) is 4.34 Å². The van der Waals surface area contributed by atoms with E-state index in [9.17, 15) is 9.59 Å². The molecule has 0 saturated heterocycles. The van der Waals surface area contributed by atoms with Crippen molar-refractivity contribution in [1.82, 2.24) is 10.2 Å². The minimum absolute atomic E-state index is 0.0167. The third-order valence-corrected chi connectivity index (χ3v) is 8.82. The van der Waals surface area contributed by atoms with E-state index in [1.54, 1.807) is 0 Å². The van der Waals surface area contributed by atoms with Crippen molar-refractivity contribution >= 4 is 34.7 Å². The molecule has 0 aliphatic heterocycles. The number of ketones is 2. The summed E-state index contributed by atoms with van der Waals surface area (Å²) in [5, 5.41) is 9.15. The molecule has 4 nitrogen and oxygen atoms in total. The molecule has 5 aliphatic carbocycles. The molecule has 5 fully saturated rings. The monoisotopic (exact) mass is 376 g/mol. The van der Waals surface area contributed by atoms with Crippen LogP contribution in [0.4, 0.5) is 0 Å². The van der Waals surface area contributed by atoms with Gasteiger partial charge in [-0.3, -0.25) is 9.59 Å². The number of rotatable bonds is 7. The lowest BCUT2D eigenvalue weighted by molar-refractivity contribution is -0.141. The molecule has 134 valence electrons. The fraction of sp³-hybridized carbons (Fsp3) is 0.789. The van der Waals surface area contributed by atoms with Crippen molar-refractivity contribution in [3.05, 3.63) is 5.01 Å². The largest absolute Gasteiger partial charge is 0.299 e. The Kier molecular flexibility index (Phi) is 4.04. The minimum atomic E-state index is -0.0167. The topological polar surface area (TPSA) is 59.9 Å². The fourth-order valence-corrected chi connectivity index (χ4v) is 7.74. The van der Waals surface area contributed by atoms with Crippen LogP contribution in [0.15, 0.2) is 4.34 Å². The summed E-state index contributed by atoms with van der Waals surface area (Å²) in [6, 6.07) is 0. The molecule has 5 aliphatic rings. The summed E-state index contributed by atoms with van der Waals surface area (Å²) in [4.78, 5) is 24.9. The first kappa shape index (κ1) is 16.4. The van der Waals surface area contributed by atoms with Crippen molar-refractivity contribution in [2.45, 2.75) is 62.1 Å². The number of nitrogens with zero attached hydrogens (tertiary/aromatic N) is 2. The second kappa shape index (κ2) is 6.15. The Morgan fingerprint density at radius 3 is 2.28 bits per heavy atom. The van der Waals surface area contributed by atoms with Gasteiger partial charge >= 0.3 is 0 Å².